The molecule has 4 rings (SSSR count). The van der Waals surface area contributed by atoms with Crippen LogP contribution in [-0.2, 0) is 5.75 Å². The number of aliphatic hydroxyl groups excluding tert-OH is 1. The van der Waals surface area contributed by atoms with Gasteiger partial charge in [0, 0.05) is 50.1 Å². The molecule has 0 spiro atoms. The minimum Gasteiger partial charge on any atom is -0.391 e. The van der Waals surface area contributed by atoms with Crippen molar-refractivity contribution in [3.05, 3.63) is 107 Å². The second kappa shape index (κ2) is 13.9. The number of thioether (sulfide) groups is 1. The van der Waals surface area contributed by atoms with E-state index in [-0.39, 0.29) is 23.7 Å². The van der Waals surface area contributed by atoms with E-state index in [1.165, 1.54) is 29.8 Å². The quantitative estimate of drug-likeness (QED) is 0.334. The van der Waals surface area contributed by atoms with Gasteiger partial charge >= 0.3 is 0 Å². The van der Waals surface area contributed by atoms with Crippen LogP contribution < -0.4 is 0 Å². The van der Waals surface area contributed by atoms with Gasteiger partial charge in [0.1, 0.15) is 11.6 Å². The van der Waals surface area contributed by atoms with Gasteiger partial charge in [-0.2, -0.15) is 11.8 Å². The standard InChI is InChI=1S/C30H36F2N2OS/c31-27-12-8-25(9-13-27)30(26-10-14-28(32)15-11-26)7-4-16-33-17-19-34(20-18-33)21-29(35)23-36-22-24-5-2-1-3-6-24/h1-3,5-6,8-15,29-30,35H,4,7,16-23H2. The molecule has 3 aromatic rings. The minimum absolute atomic E-state index is 0.121. The van der Waals surface area contributed by atoms with E-state index in [9.17, 15) is 13.9 Å². The van der Waals surface area contributed by atoms with Crippen molar-refractivity contribution in [2.75, 3.05) is 45.0 Å². The number of halogens is 2. The molecule has 1 N–H and O–H groups in total. The SMILES string of the molecule is OC(CSCc1ccccc1)CN1CCN(CCCC(c2ccc(F)cc2)c2ccc(F)cc2)CC1. The van der Waals surface area contributed by atoms with Crippen LogP contribution in [0.2, 0.25) is 0 Å². The Balaban J connectivity index is 1.18. The first kappa shape index (κ1) is 26.8. The fourth-order valence-electron chi connectivity index (χ4n) is 4.87. The Bertz CT molecular complexity index is 980. The van der Waals surface area contributed by atoms with E-state index in [0.717, 1.165) is 74.7 Å². The lowest BCUT2D eigenvalue weighted by molar-refractivity contribution is 0.0819. The van der Waals surface area contributed by atoms with Gasteiger partial charge in [-0.25, -0.2) is 8.78 Å². The van der Waals surface area contributed by atoms with E-state index in [4.69, 9.17) is 0 Å². The second-order valence-electron chi connectivity index (χ2n) is 9.59. The molecule has 1 atom stereocenters. The third-order valence-electron chi connectivity index (χ3n) is 6.87. The van der Waals surface area contributed by atoms with Crippen molar-refractivity contribution in [3.8, 4) is 0 Å². The summed E-state index contributed by atoms with van der Waals surface area (Å²) in [6.07, 6.45) is 1.63. The molecular formula is C30H36F2N2OS. The molecule has 1 saturated heterocycles. The zero-order valence-electron chi connectivity index (χ0n) is 20.7. The number of aliphatic hydroxyl groups is 1. The van der Waals surface area contributed by atoms with E-state index >= 15 is 0 Å². The monoisotopic (exact) mass is 510 g/mol. The molecular weight excluding hydrogens is 474 g/mol. The highest BCUT2D eigenvalue weighted by atomic mass is 32.2. The Kier molecular flexibility index (Phi) is 10.3. The number of benzene rings is 3. The van der Waals surface area contributed by atoms with Gasteiger partial charge < -0.3 is 10.0 Å². The van der Waals surface area contributed by atoms with Crippen molar-refractivity contribution in [2.24, 2.45) is 0 Å². The number of hydrogen-bond donors (Lipinski definition) is 1. The number of β-amino-alcohol motifs (C(OH)–C–C–N with tert-alkyl or cyclic N) is 1. The second-order valence-corrected chi connectivity index (χ2v) is 10.6. The normalized spacial score (nSPS) is 15.9. The van der Waals surface area contributed by atoms with Crippen LogP contribution in [0.25, 0.3) is 0 Å². The number of nitrogens with zero attached hydrogens (tertiary/aromatic N) is 2. The summed E-state index contributed by atoms with van der Waals surface area (Å²) in [7, 11) is 0. The molecule has 0 saturated carbocycles. The molecule has 1 unspecified atom stereocenters. The fraction of sp³-hybridized carbons (Fsp3) is 0.400. The zero-order chi connectivity index (χ0) is 25.2. The molecule has 3 aromatic carbocycles. The largest absolute Gasteiger partial charge is 0.391 e. The molecule has 1 heterocycles. The number of piperazine rings is 1. The summed E-state index contributed by atoms with van der Waals surface area (Å²) < 4.78 is 26.9. The van der Waals surface area contributed by atoms with Gasteiger partial charge in [0.05, 0.1) is 6.10 Å². The first-order chi connectivity index (χ1) is 17.6. The van der Waals surface area contributed by atoms with E-state index < -0.39 is 0 Å². The molecule has 0 amide bonds. The van der Waals surface area contributed by atoms with Crippen LogP contribution in [-0.4, -0.2) is 66.0 Å². The molecule has 192 valence electrons. The summed E-state index contributed by atoms with van der Waals surface area (Å²) >= 11 is 1.79. The van der Waals surface area contributed by atoms with Gasteiger partial charge in [0.15, 0.2) is 0 Å². The maximum absolute atomic E-state index is 13.5. The summed E-state index contributed by atoms with van der Waals surface area (Å²) in [6, 6.07) is 23.7. The van der Waals surface area contributed by atoms with Gasteiger partial charge in [-0.1, -0.05) is 54.6 Å². The van der Waals surface area contributed by atoms with Crippen molar-refractivity contribution in [2.45, 2.75) is 30.6 Å². The molecule has 0 radical (unpaired) electrons. The first-order valence-corrected chi connectivity index (χ1v) is 14.0. The van der Waals surface area contributed by atoms with E-state index in [1.54, 1.807) is 11.8 Å². The lowest BCUT2D eigenvalue weighted by Gasteiger charge is -2.35. The number of rotatable bonds is 12. The summed E-state index contributed by atoms with van der Waals surface area (Å²) in [5.74, 6) is 1.32. The smallest absolute Gasteiger partial charge is 0.123 e. The Labute approximate surface area is 218 Å². The van der Waals surface area contributed by atoms with Gasteiger partial charge in [0.25, 0.3) is 0 Å². The van der Waals surface area contributed by atoms with Crippen molar-refractivity contribution in [3.63, 3.8) is 0 Å². The molecule has 3 nitrogen and oxygen atoms in total. The molecule has 1 aliphatic rings. The van der Waals surface area contributed by atoms with Crippen molar-refractivity contribution >= 4 is 11.8 Å². The van der Waals surface area contributed by atoms with E-state index in [0.29, 0.717) is 0 Å². The molecule has 36 heavy (non-hydrogen) atoms. The predicted octanol–water partition coefficient (Wildman–Crippen LogP) is 5.79. The topological polar surface area (TPSA) is 26.7 Å². The Morgan fingerprint density at radius 2 is 1.31 bits per heavy atom. The molecule has 0 aliphatic carbocycles. The van der Waals surface area contributed by atoms with Crippen LogP contribution in [0.4, 0.5) is 8.78 Å². The highest BCUT2D eigenvalue weighted by molar-refractivity contribution is 7.98. The van der Waals surface area contributed by atoms with Gasteiger partial charge in [-0.15, -0.1) is 0 Å². The Morgan fingerprint density at radius 3 is 1.89 bits per heavy atom. The van der Waals surface area contributed by atoms with Crippen LogP contribution in [0.3, 0.4) is 0 Å². The average molecular weight is 511 g/mol. The van der Waals surface area contributed by atoms with Gasteiger partial charge in [-0.3, -0.25) is 4.90 Å². The Hall–Kier alpha value is -2.25. The van der Waals surface area contributed by atoms with Gasteiger partial charge in [0.2, 0.25) is 0 Å². The molecule has 6 heteroatoms. The maximum Gasteiger partial charge on any atom is 0.123 e. The molecule has 0 bridgehead atoms. The molecule has 1 fully saturated rings. The lowest BCUT2D eigenvalue weighted by Crippen LogP contribution is -2.49. The van der Waals surface area contributed by atoms with Crippen LogP contribution in [0, 0.1) is 11.6 Å². The Morgan fingerprint density at radius 1 is 0.750 bits per heavy atom. The summed E-state index contributed by atoms with van der Waals surface area (Å²) in [6.45, 7) is 5.68. The predicted molar refractivity (Wildman–Crippen MR) is 145 cm³/mol. The zero-order valence-corrected chi connectivity index (χ0v) is 21.6. The summed E-state index contributed by atoms with van der Waals surface area (Å²) in [5.41, 5.74) is 3.42. The fourth-order valence-corrected chi connectivity index (χ4v) is 5.79. The highest BCUT2D eigenvalue weighted by Gasteiger charge is 2.20. The van der Waals surface area contributed by atoms with Crippen LogP contribution in [0.5, 0.6) is 0 Å². The molecule has 0 aromatic heterocycles. The average Bonchev–Trinajstić information content (AvgIpc) is 2.90. The van der Waals surface area contributed by atoms with Crippen LogP contribution in [0.1, 0.15) is 35.4 Å². The van der Waals surface area contributed by atoms with E-state index in [1.807, 2.05) is 30.3 Å². The van der Waals surface area contributed by atoms with Gasteiger partial charge in [-0.05, 0) is 60.3 Å². The van der Waals surface area contributed by atoms with Crippen LogP contribution in [0.15, 0.2) is 78.9 Å². The highest BCUT2D eigenvalue weighted by Crippen LogP contribution is 2.30. The minimum atomic E-state index is -0.308. The van der Waals surface area contributed by atoms with Crippen LogP contribution >= 0.6 is 11.8 Å². The van der Waals surface area contributed by atoms with E-state index in [2.05, 4.69) is 34.1 Å². The third kappa shape index (κ3) is 8.41. The summed E-state index contributed by atoms with van der Waals surface area (Å²) in [4.78, 5) is 4.85. The maximum atomic E-state index is 13.5. The number of hydrogen-bond acceptors (Lipinski definition) is 4. The third-order valence-corrected chi connectivity index (χ3v) is 8.03. The lowest BCUT2D eigenvalue weighted by atomic mass is 9.87. The van der Waals surface area contributed by atoms with Crippen molar-refractivity contribution in [1.29, 1.82) is 0 Å². The first-order valence-electron chi connectivity index (χ1n) is 12.8. The van der Waals surface area contributed by atoms with Crippen molar-refractivity contribution in [1.82, 2.24) is 9.80 Å². The van der Waals surface area contributed by atoms with Crippen molar-refractivity contribution < 1.29 is 13.9 Å². The molecule has 1 aliphatic heterocycles. The summed E-state index contributed by atoms with van der Waals surface area (Å²) in [5, 5.41) is 10.5.